The van der Waals surface area contributed by atoms with Gasteiger partial charge in [-0.2, -0.15) is 13.2 Å². The Labute approximate surface area is 141 Å². The van der Waals surface area contributed by atoms with E-state index >= 15 is 0 Å². The van der Waals surface area contributed by atoms with Crippen LogP contribution in [0.15, 0.2) is 48.8 Å². The first-order chi connectivity index (χ1) is 11.8. The van der Waals surface area contributed by atoms with Gasteiger partial charge in [-0.3, -0.25) is 9.78 Å². The molecule has 1 atom stereocenters. The highest BCUT2D eigenvalue weighted by atomic mass is 19.4. The Bertz CT molecular complexity index is 823. The second-order valence-electron chi connectivity index (χ2n) is 5.63. The molecule has 25 heavy (non-hydrogen) atoms. The number of benzene rings is 1. The summed E-state index contributed by atoms with van der Waals surface area (Å²) in [5, 5.41) is 2.62. The number of rotatable bonds is 3. The second-order valence-corrected chi connectivity index (χ2v) is 5.63. The number of aromatic nitrogens is 1. The van der Waals surface area contributed by atoms with Gasteiger partial charge in [-0.1, -0.05) is 37.3 Å². The molecule has 1 aliphatic heterocycles. The summed E-state index contributed by atoms with van der Waals surface area (Å²) in [6, 6.07) is 8.55. The van der Waals surface area contributed by atoms with Crippen molar-refractivity contribution in [3.05, 3.63) is 59.9 Å². The molecule has 0 radical (unpaired) electrons. The zero-order chi connectivity index (χ0) is 18.2. The van der Waals surface area contributed by atoms with E-state index in [0.717, 1.165) is 12.3 Å². The van der Waals surface area contributed by atoms with Gasteiger partial charge >= 0.3 is 12.2 Å². The summed E-state index contributed by atoms with van der Waals surface area (Å²) in [7, 11) is 0. The molecule has 0 spiro atoms. The average molecular weight is 349 g/mol. The van der Waals surface area contributed by atoms with Crippen LogP contribution in [0, 0.1) is 0 Å². The van der Waals surface area contributed by atoms with Crippen molar-refractivity contribution in [2.45, 2.75) is 25.1 Å². The van der Waals surface area contributed by atoms with Crippen LogP contribution in [0.2, 0.25) is 0 Å². The van der Waals surface area contributed by atoms with Gasteiger partial charge < -0.3 is 5.32 Å². The third-order valence-corrected chi connectivity index (χ3v) is 4.20. The van der Waals surface area contributed by atoms with Crippen molar-refractivity contribution in [1.29, 1.82) is 0 Å². The van der Waals surface area contributed by atoms with Crippen LogP contribution in [0.25, 0.3) is 0 Å². The van der Waals surface area contributed by atoms with Gasteiger partial charge in [-0.05, 0) is 18.1 Å². The van der Waals surface area contributed by atoms with Gasteiger partial charge in [-0.25, -0.2) is 9.69 Å². The number of carbonyl (C=O) groups excluding carboxylic acids is 2. The average Bonchev–Trinajstić information content (AvgIpc) is 2.86. The molecule has 2 aromatic rings. The van der Waals surface area contributed by atoms with Gasteiger partial charge in [-0.15, -0.1) is 0 Å². The second kappa shape index (κ2) is 5.87. The molecule has 1 unspecified atom stereocenters. The van der Waals surface area contributed by atoms with Crippen LogP contribution < -0.4 is 10.2 Å². The van der Waals surface area contributed by atoms with E-state index in [4.69, 9.17) is 0 Å². The van der Waals surface area contributed by atoms with E-state index in [2.05, 4.69) is 10.3 Å². The first kappa shape index (κ1) is 16.9. The SMILES string of the molecule is CCC1(c2ccccc2)NC(=O)N(c2cncc(C(F)(F)F)c2)C1=O. The molecule has 130 valence electrons. The summed E-state index contributed by atoms with van der Waals surface area (Å²) < 4.78 is 38.7. The van der Waals surface area contributed by atoms with Crippen LogP contribution in [0.4, 0.5) is 23.7 Å². The molecule has 8 heteroatoms. The first-order valence-corrected chi connectivity index (χ1v) is 7.54. The van der Waals surface area contributed by atoms with E-state index in [1.807, 2.05) is 0 Å². The van der Waals surface area contributed by atoms with Gasteiger partial charge in [0.2, 0.25) is 0 Å². The topological polar surface area (TPSA) is 62.3 Å². The molecule has 2 heterocycles. The maximum atomic E-state index is 13.0. The number of anilines is 1. The summed E-state index contributed by atoms with van der Waals surface area (Å²) in [4.78, 5) is 29.6. The summed E-state index contributed by atoms with van der Waals surface area (Å²) in [5.74, 6) is -0.632. The van der Waals surface area contributed by atoms with E-state index in [-0.39, 0.29) is 12.1 Å². The number of amides is 3. The van der Waals surface area contributed by atoms with Crippen molar-refractivity contribution in [3.63, 3.8) is 0 Å². The minimum atomic E-state index is -4.62. The number of carbonyl (C=O) groups is 2. The van der Waals surface area contributed by atoms with E-state index < -0.39 is 29.2 Å². The van der Waals surface area contributed by atoms with Gasteiger partial charge in [0.15, 0.2) is 0 Å². The molecular formula is C17H14F3N3O2. The van der Waals surface area contributed by atoms with E-state index in [1.54, 1.807) is 37.3 Å². The smallest absolute Gasteiger partial charge is 0.319 e. The molecule has 1 aromatic carbocycles. The number of urea groups is 1. The summed E-state index contributed by atoms with van der Waals surface area (Å²) in [6.07, 6.45) is -2.66. The van der Waals surface area contributed by atoms with Crippen molar-refractivity contribution in [3.8, 4) is 0 Å². The molecule has 1 N–H and O–H groups in total. The molecule has 0 aliphatic carbocycles. The Morgan fingerprint density at radius 1 is 1.16 bits per heavy atom. The highest BCUT2D eigenvalue weighted by molar-refractivity contribution is 6.23. The van der Waals surface area contributed by atoms with Crippen LogP contribution in [0.1, 0.15) is 24.5 Å². The van der Waals surface area contributed by atoms with Gasteiger partial charge in [0.05, 0.1) is 17.4 Å². The largest absolute Gasteiger partial charge is 0.417 e. The normalized spacial score (nSPS) is 20.7. The fourth-order valence-corrected chi connectivity index (χ4v) is 2.88. The van der Waals surface area contributed by atoms with Crippen molar-refractivity contribution < 1.29 is 22.8 Å². The molecule has 1 aliphatic rings. The maximum absolute atomic E-state index is 13.0. The molecule has 1 fully saturated rings. The molecular weight excluding hydrogens is 335 g/mol. The molecule has 1 saturated heterocycles. The van der Waals surface area contributed by atoms with Gasteiger partial charge in [0.1, 0.15) is 5.54 Å². The Morgan fingerprint density at radius 3 is 2.44 bits per heavy atom. The number of alkyl halides is 3. The number of nitrogens with zero attached hydrogens (tertiary/aromatic N) is 2. The van der Waals surface area contributed by atoms with E-state index in [1.165, 1.54) is 0 Å². The van der Waals surface area contributed by atoms with Crippen LogP contribution in [0.3, 0.4) is 0 Å². The number of hydrogen-bond acceptors (Lipinski definition) is 3. The predicted octanol–water partition coefficient (Wildman–Crippen LogP) is 3.46. The lowest BCUT2D eigenvalue weighted by Crippen LogP contribution is -2.43. The Kier molecular flexibility index (Phi) is 3.98. The fraction of sp³-hybridized carbons (Fsp3) is 0.235. The predicted molar refractivity (Wildman–Crippen MR) is 83.7 cm³/mol. The maximum Gasteiger partial charge on any atom is 0.417 e. The van der Waals surface area contributed by atoms with E-state index in [9.17, 15) is 22.8 Å². The molecule has 1 aromatic heterocycles. The Hall–Kier alpha value is -2.90. The zero-order valence-electron chi connectivity index (χ0n) is 13.2. The van der Waals surface area contributed by atoms with Gasteiger partial charge in [0, 0.05) is 6.20 Å². The lowest BCUT2D eigenvalue weighted by Gasteiger charge is -2.25. The van der Waals surface area contributed by atoms with Crippen LogP contribution in [-0.2, 0) is 16.5 Å². The van der Waals surface area contributed by atoms with Crippen LogP contribution in [0.5, 0.6) is 0 Å². The third-order valence-electron chi connectivity index (χ3n) is 4.20. The first-order valence-electron chi connectivity index (χ1n) is 7.54. The quantitative estimate of drug-likeness (QED) is 0.863. The number of pyridine rings is 1. The Morgan fingerprint density at radius 2 is 1.84 bits per heavy atom. The van der Waals surface area contributed by atoms with Gasteiger partial charge in [0.25, 0.3) is 5.91 Å². The van der Waals surface area contributed by atoms with Crippen molar-refractivity contribution in [1.82, 2.24) is 10.3 Å². The minimum Gasteiger partial charge on any atom is -0.319 e. The standard InChI is InChI=1S/C17H14F3N3O2/c1-2-16(11-6-4-3-5-7-11)14(24)23(15(25)22-16)13-8-12(9-21-10-13)17(18,19)20/h3-10H,2H2,1H3,(H,22,25). The van der Waals surface area contributed by atoms with Crippen molar-refractivity contribution >= 4 is 17.6 Å². The minimum absolute atomic E-state index is 0.219. The number of hydrogen-bond donors (Lipinski definition) is 1. The zero-order valence-corrected chi connectivity index (χ0v) is 13.2. The van der Waals surface area contributed by atoms with Crippen molar-refractivity contribution in [2.75, 3.05) is 4.90 Å². The molecule has 5 nitrogen and oxygen atoms in total. The van der Waals surface area contributed by atoms with Crippen molar-refractivity contribution in [2.24, 2.45) is 0 Å². The Balaban J connectivity index is 2.05. The summed E-state index contributed by atoms with van der Waals surface area (Å²) in [6.45, 7) is 1.72. The van der Waals surface area contributed by atoms with Crippen LogP contribution >= 0.6 is 0 Å². The summed E-state index contributed by atoms with van der Waals surface area (Å²) >= 11 is 0. The summed E-state index contributed by atoms with van der Waals surface area (Å²) in [5.41, 5.74) is -1.99. The third kappa shape index (κ3) is 2.73. The number of nitrogens with one attached hydrogen (secondary N) is 1. The fourth-order valence-electron chi connectivity index (χ4n) is 2.88. The highest BCUT2D eigenvalue weighted by Crippen LogP contribution is 2.36. The monoisotopic (exact) mass is 349 g/mol. The lowest BCUT2D eigenvalue weighted by molar-refractivity contribution is -0.137. The van der Waals surface area contributed by atoms with Crippen LogP contribution in [-0.4, -0.2) is 16.9 Å². The molecule has 0 saturated carbocycles. The molecule has 3 amide bonds. The highest BCUT2D eigenvalue weighted by Gasteiger charge is 2.52. The lowest BCUT2D eigenvalue weighted by atomic mass is 9.87. The number of imide groups is 1. The van der Waals surface area contributed by atoms with E-state index in [0.29, 0.717) is 16.7 Å². The number of halogens is 3. The molecule has 0 bridgehead atoms. The molecule has 3 rings (SSSR count).